The first-order chi connectivity index (χ1) is 9.92. The topological polar surface area (TPSA) is 39.1 Å². The number of benzene rings is 1. The summed E-state index contributed by atoms with van der Waals surface area (Å²) in [5.74, 6) is 0. The van der Waals surface area contributed by atoms with Crippen molar-refractivity contribution >= 4 is 5.69 Å². The molecule has 0 spiro atoms. The van der Waals surface area contributed by atoms with Crippen molar-refractivity contribution in [3.05, 3.63) is 29.8 Å². The van der Waals surface area contributed by atoms with Crippen molar-refractivity contribution in [1.29, 1.82) is 5.26 Å². The zero-order valence-electron chi connectivity index (χ0n) is 13.7. The Morgan fingerprint density at radius 1 is 1.19 bits per heavy atom. The molecule has 3 nitrogen and oxygen atoms in total. The Hall–Kier alpha value is -1.53. The third kappa shape index (κ3) is 3.98. The molecule has 1 heterocycles. The highest BCUT2D eigenvalue weighted by Crippen LogP contribution is 2.24. The predicted molar refractivity (Wildman–Crippen MR) is 88.4 cm³/mol. The van der Waals surface area contributed by atoms with E-state index in [1.807, 2.05) is 13.8 Å². The van der Waals surface area contributed by atoms with E-state index in [0.717, 1.165) is 11.3 Å². The van der Waals surface area contributed by atoms with Crippen molar-refractivity contribution in [2.24, 2.45) is 0 Å². The normalized spacial score (nSPS) is 17.7. The molecule has 1 aliphatic heterocycles. The Morgan fingerprint density at radius 3 is 2.24 bits per heavy atom. The van der Waals surface area contributed by atoms with Crippen LogP contribution in [0.15, 0.2) is 24.3 Å². The van der Waals surface area contributed by atoms with Crippen LogP contribution in [-0.2, 0) is 5.41 Å². The van der Waals surface area contributed by atoms with E-state index in [2.05, 4.69) is 54.4 Å². The second-order valence-corrected chi connectivity index (χ2v) is 6.86. The molecule has 2 rings (SSSR count). The van der Waals surface area contributed by atoms with E-state index in [-0.39, 0.29) is 0 Å². The smallest absolute Gasteiger partial charge is 0.0766 e. The minimum atomic E-state index is -0.416. The number of hydrogen-bond donors (Lipinski definition) is 1. The minimum Gasteiger partial charge on any atom is -0.382 e. The summed E-state index contributed by atoms with van der Waals surface area (Å²) in [4.78, 5) is 2.54. The number of piperidine rings is 1. The molecule has 1 saturated heterocycles. The molecule has 1 aromatic rings. The maximum atomic E-state index is 9.18. The average Bonchev–Trinajstić information content (AvgIpc) is 2.48. The molecule has 1 N–H and O–H groups in total. The number of anilines is 1. The summed E-state index contributed by atoms with van der Waals surface area (Å²) in [5, 5.41) is 12.8. The molecule has 0 atom stereocenters. The monoisotopic (exact) mass is 285 g/mol. The van der Waals surface area contributed by atoms with Gasteiger partial charge in [0.1, 0.15) is 0 Å². The van der Waals surface area contributed by atoms with Crippen LogP contribution in [0.25, 0.3) is 0 Å². The molecule has 0 unspecified atom stereocenters. The quantitative estimate of drug-likeness (QED) is 0.915. The molecule has 21 heavy (non-hydrogen) atoms. The van der Waals surface area contributed by atoms with Crippen LogP contribution >= 0.6 is 0 Å². The number of rotatable bonds is 4. The van der Waals surface area contributed by atoms with E-state index in [1.54, 1.807) is 0 Å². The van der Waals surface area contributed by atoms with E-state index < -0.39 is 5.41 Å². The van der Waals surface area contributed by atoms with Gasteiger partial charge in [-0.3, -0.25) is 0 Å². The van der Waals surface area contributed by atoms with Crippen LogP contribution in [0.1, 0.15) is 46.1 Å². The lowest BCUT2D eigenvalue weighted by molar-refractivity contribution is 0.177. The number of nitriles is 1. The lowest BCUT2D eigenvalue weighted by Crippen LogP contribution is -2.42. The summed E-state index contributed by atoms with van der Waals surface area (Å²) in [5.41, 5.74) is 1.82. The first kappa shape index (κ1) is 15.9. The molecule has 0 aromatic heterocycles. The van der Waals surface area contributed by atoms with E-state index in [1.165, 1.54) is 25.9 Å². The fraction of sp³-hybridized carbons (Fsp3) is 0.611. The molecule has 1 fully saturated rings. The largest absolute Gasteiger partial charge is 0.382 e. The van der Waals surface area contributed by atoms with Crippen LogP contribution in [0.3, 0.4) is 0 Å². The summed E-state index contributed by atoms with van der Waals surface area (Å²) >= 11 is 0. The van der Waals surface area contributed by atoms with Gasteiger partial charge < -0.3 is 10.2 Å². The predicted octanol–water partition coefficient (Wildman–Crippen LogP) is 3.77. The highest BCUT2D eigenvalue weighted by atomic mass is 15.2. The summed E-state index contributed by atoms with van der Waals surface area (Å²) in [6.07, 6.45) is 2.40. The van der Waals surface area contributed by atoms with Crippen LogP contribution in [0.5, 0.6) is 0 Å². The van der Waals surface area contributed by atoms with Crippen LogP contribution in [0.2, 0.25) is 0 Å². The first-order valence-corrected chi connectivity index (χ1v) is 7.95. The van der Waals surface area contributed by atoms with Crippen molar-refractivity contribution in [2.75, 3.05) is 18.4 Å². The number of nitrogens with one attached hydrogen (secondary N) is 1. The number of likely N-dealkylation sites (tertiary alicyclic amines) is 1. The van der Waals surface area contributed by atoms with Gasteiger partial charge in [0, 0.05) is 30.9 Å². The first-order valence-electron chi connectivity index (χ1n) is 7.95. The lowest BCUT2D eigenvalue weighted by atomic mass is 9.86. The van der Waals surface area contributed by atoms with Gasteiger partial charge in [-0.25, -0.2) is 0 Å². The fourth-order valence-corrected chi connectivity index (χ4v) is 2.84. The van der Waals surface area contributed by atoms with Crippen molar-refractivity contribution in [2.45, 2.75) is 58.0 Å². The summed E-state index contributed by atoms with van der Waals surface area (Å²) < 4.78 is 0. The number of hydrogen-bond acceptors (Lipinski definition) is 3. The highest BCUT2D eigenvalue weighted by Gasteiger charge is 2.21. The molecule has 1 aliphatic rings. The minimum absolute atomic E-state index is 0.416. The van der Waals surface area contributed by atoms with Crippen LogP contribution in [0.4, 0.5) is 5.69 Å². The maximum Gasteiger partial charge on any atom is 0.0766 e. The summed E-state index contributed by atoms with van der Waals surface area (Å²) in [6, 6.07) is 11.9. The van der Waals surface area contributed by atoms with Crippen molar-refractivity contribution in [3.63, 3.8) is 0 Å². The second-order valence-electron chi connectivity index (χ2n) is 6.86. The molecule has 0 saturated carbocycles. The Morgan fingerprint density at radius 2 is 1.76 bits per heavy atom. The molecule has 3 heteroatoms. The Bertz CT molecular complexity index is 488. The Balaban J connectivity index is 1.92. The van der Waals surface area contributed by atoms with E-state index >= 15 is 0 Å². The van der Waals surface area contributed by atoms with Gasteiger partial charge in [0.2, 0.25) is 0 Å². The van der Waals surface area contributed by atoms with Crippen molar-refractivity contribution < 1.29 is 0 Å². The second kappa shape index (κ2) is 6.49. The van der Waals surface area contributed by atoms with Crippen LogP contribution in [-0.4, -0.2) is 30.1 Å². The van der Waals surface area contributed by atoms with E-state index in [0.29, 0.717) is 12.1 Å². The van der Waals surface area contributed by atoms with Crippen LogP contribution < -0.4 is 5.32 Å². The molecule has 1 aromatic carbocycles. The maximum absolute atomic E-state index is 9.18. The standard InChI is InChI=1S/C18H27N3/c1-14(2)21-11-9-17(10-12-21)20-16-7-5-15(6-8-16)18(3,4)13-19/h5-8,14,17,20H,9-12H2,1-4H3. The van der Waals surface area contributed by atoms with E-state index in [4.69, 9.17) is 0 Å². The zero-order valence-corrected chi connectivity index (χ0v) is 13.7. The van der Waals surface area contributed by atoms with Crippen molar-refractivity contribution in [1.82, 2.24) is 4.90 Å². The van der Waals surface area contributed by atoms with Gasteiger partial charge in [-0.15, -0.1) is 0 Å². The average molecular weight is 285 g/mol. The third-order valence-electron chi connectivity index (χ3n) is 4.52. The van der Waals surface area contributed by atoms with Crippen LogP contribution in [0, 0.1) is 11.3 Å². The van der Waals surface area contributed by atoms with Gasteiger partial charge in [0.15, 0.2) is 0 Å². The highest BCUT2D eigenvalue weighted by molar-refractivity contribution is 5.47. The van der Waals surface area contributed by atoms with Gasteiger partial charge >= 0.3 is 0 Å². The molecule has 0 bridgehead atoms. The Labute approximate surface area is 129 Å². The molecule has 114 valence electrons. The summed E-state index contributed by atoms with van der Waals surface area (Å²) in [7, 11) is 0. The SMILES string of the molecule is CC(C)N1CCC(Nc2ccc(C(C)(C)C#N)cc2)CC1. The van der Waals surface area contributed by atoms with E-state index in [9.17, 15) is 5.26 Å². The summed E-state index contributed by atoms with van der Waals surface area (Å²) in [6.45, 7) is 10.8. The van der Waals surface area contributed by atoms with Gasteiger partial charge in [-0.1, -0.05) is 12.1 Å². The Kier molecular flexibility index (Phi) is 4.90. The molecule has 0 amide bonds. The molecule has 0 radical (unpaired) electrons. The zero-order chi connectivity index (χ0) is 15.5. The fourth-order valence-electron chi connectivity index (χ4n) is 2.84. The van der Waals surface area contributed by atoms with Crippen molar-refractivity contribution in [3.8, 4) is 6.07 Å². The number of nitrogens with zero attached hydrogens (tertiary/aromatic N) is 2. The molecule has 0 aliphatic carbocycles. The third-order valence-corrected chi connectivity index (χ3v) is 4.52. The lowest BCUT2D eigenvalue weighted by Gasteiger charge is -2.35. The van der Waals surface area contributed by atoms with Gasteiger partial charge in [-0.05, 0) is 58.2 Å². The molecular weight excluding hydrogens is 258 g/mol. The van der Waals surface area contributed by atoms with Gasteiger partial charge in [0.05, 0.1) is 11.5 Å². The van der Waals surface area contributed by atoms with Gasteiger partial charge in [-0.2, -0.15) is 5.26 Å². The van der Waals surface area contributed by atoms with Gasteiger partial charge in [0.25, 0.3) is 0 Å². The molecular formula is C18H27N3.